The summed E-state index contributed by atoms with van der Waals surface area (Å²) in [5.74, 6) is 0.701. The van der Waals surface area contributed by atoms with Crippen molar-refractivity contribution in [2.24, 2.45) is 0 Å². The maximum atomic E-state index is 12.9. The molecule has 1 aromatic carbocycles. The van der Waals surface area contributed by atoms with Gasteiger partial charge in [-0.05, 0) is 38.1 Å². The number of hydrogen-bond acceptors (Lipinski definition) is 6. The Morgan fingerprint density at radius 3 is 2.62 bits per heavy atom. The van der Waals surface area contributed by atoms with Crippen molar-refractivity contribution in [1.29, 1.82) is 0 Å². The second-order valence-electron chi connectivity index (χ2n) is 8.38. The number of nitrogens with one attached hydrogen (secondary N) is 1. The molecule has 1 fully saturated rings. The monoisotopic (exact) mass is 442 g/mol. The van der Waals surface area contributed by atoms with E-state index in [1.54, 1.807) is 22.8 Å². The van der Waals surface area contributed by atoms with Crippen LogP contribution in [0.5, 0.6) is 5.75 Å². The quantitative estimate of drug-likeness (QED) is 0.735. The molecule has 0 spiro atoms. The number of ether oxygens (including phenoxy) is 1. The molecule has 32 heavy (non-hydrogen) atoms. The molecule has 1 aromatic heterocycles. The van der Waals surface area contributed by atoms with Crippen LogP contribution in [0.4, 0.5) is 5.69 Å². The Balaban J connectivity index is 1.48. The van der Waals surface area contributed by atoms with Crippen LogP contribution in [0.25, 0.3) is 0 Å². The van der Waals surface area contributed by atoms with Gasteiger partial charge in [0, 0.05) is 44.7 Å². The molecular formula is C22H30N6O4. The molecule has 0 bridgehead atoms. The van der Waals surface area contributed by atoms with Crippen LogP contribution in [0, 0.1) is 0 Å². The van der Waals surface area contributed by atoms with Gasteiger partial charge < -0.3 is 19.9 Å². The third-order valence-corrected chi connectivity index (χ3v) is 6.09. The summed E-state index contributed by atoms with van der Waals surface area (Å²) in [7, 11) is 3.54. The molecule has 0 unspecified atom stereocenters. The summed E-state index contributed by atoms with van der Waals surface area (Å²) in [6.07, 6.45) is 3.75. The lowest BCUT2D eigenvalue weighted by atomic mass is 10.1. The predicted octanol–water partition coefficient (Wildman–Crippen LogP) is 0.806. The minimum absolute atomic E-state index is 0.0784. The highest BCUT2D eigenvalue weighted by Crippen LogP contribution is 2.26. The number of aryl methyl sites for hydroxylation is 1. The second-order valence-corrected chi connectivity index (χ2v) is 8.38. The molecular weight excluding hydrogens is 412 g/mol. The minimum atomic E-state index is -0.400. The number of anilines is 1. The summed E-state index contributed by atoms with van der Waals surface area (Å²) >= 11 is 0. The highest BCUT2D eigenvalue weighted by atomic mass is 16.5. The number of aromatic nitrogens is 3. The maximum Gasteiger partial charge on any atom is 0.346 e. The van der Waals surface area contributed by atoms with Gasteiger partial charge in [-0.15, -0.1) is 0 Å². The number of methoxy groups -OCH3 is 1. The van der Waals surface area contributed by atoms with Crippen molar-refractivity contribution in [3.8, 4) is 5.75 Å². The fourth-order valence-electron chi connectivity index (χ4n) is 4.18. The number of carbonyl (C=O) groups excluding carboxylic acids is 2. The lowest BCUT2D eigenvalue weighted by molar-refractivity contribution is -0.117. The molecule has 10 heteroatoms. The second kappa shape index (κ2) is 9.56. The van der Waals surface area contributed by atoms with Gasteiger partial charge in [-0.1, -0.05) is 6.42 Å². The Hall–Kier alpha value is -3.14. The lowest BCUT2D eigenvalue weighted by Gasteiger charge is -2.32. The number of piperazine rings is 1. The van der Waals surface area contributed by atoms with Gasteiger partial charge in [0.1, 0.15) is 18.1 Å². The minimum Gasteiger partial charge on any atom is -0.495 e. The molecule has 2 aromatic rings. The molecule has 2 aliphatic rings. The molecule has 2 amide bonds. The standard InChI is InChI=1S/C22H30N6O4/c1-25-10-12-26(13-11-25)21(30)16-7-8-18(32-2)17(14-16)23-20(29)15-28-22(31)27-9-5-3-4-6-19(27)24-28/h7-8,14H,3-6,9-13,15H2,1-2H3,(H,23,29). The van der Waals surface area contributed by atoms with Crippen LogP contribution in [-0.2, 0) is 24.3 Å². The number of hydrogen-bond donors (Lipinski definition) is 1. The fraction of sp³-hybridized carbons (Fsp3) is 0.545. The molecule has 172 valence electrons. The van der Waals surface area contributed by atoms with E-state index in [0.29, 0.717) is 36.6 Å². The highest BCUT2D eigenvalue weighted by molar-refractivity contribution is 5.98. The van der Waals surface area contributed by atoms with Crippen LogP contribution < -0.4 is 15.7 Å². The third kappa shape index (κ3) is 4.69. The maximum absolute atomic E-state index is 12.9. The van der Waals surface area contributed by atoms with E-state index in [1.807, 2.05) is 11.9 Å². The van der Waals surface area contributed by atoms with E-state index in [2.05, 4.69) is 15.3 Å². The predicted molar refractivity (Wildman–Crippen MR) is 119 cm³/mol. The number of nitrogens with zero attached hydrogens (tertiary/aromatic N) is 5. The van der Waals surface area contributed by atoms with E-state index in [0.717, 1.165) is 44.6 Å². The number of amides is 2. The highest BCUT2D eigenvalue weighted by Gasteiger charge is 2.22. The molecule has 0 atom stereocenters. The van der Waals surface area contributed by atoms with Crippen molar-refractivity contribution in [3.63, 3.8) is 0 Å². The van der Waals surface area contributed by atoms with Gasteiger partial charge in [-0.25, -0.2) is 9.48 Å². The molecule has 1 saturated heterocycles. The van der Waals surface area contributed by atoms with Crippen LogP contribution in [0.15, 0.2) is 23.0 Å². The van der Waals surface area contributed by atoms with E-state index in [4.69, 9.17) is 4.74 Å². The lowest BCUT2D eigenvalue weighted by Crippen LogP contribution is -2.47. The number of carbonyl (C=O) groups is 2. The first-order valence-corrected chi connectivity index (χ1v) is 11.1. The molecule has 3 heterocycles. The number of benzene rings is 1. The van der Waals surface area contributed by atoms with E-state index < -0.39 is 5.91 Å². The number of fused-ring (bicyclic) bond motifs is 1. The zero-order valence-electron chi connectivity index (χ0n) is 18.7. The molecule has 10 nitrogen and oxygen atoms in total. The Morgan fingerprint density at radius 2 is 1.88 bits per heavy atom. The molecule has 0 radical (unpaired) electrons. The Bertz CT molecular complexity index is 1050. The van der Waals surface area contributed by atoms with E-state index >= 15 is 0 Å². The average molecular weight is 443 g/mol. The summed E-state index contributed by atoms with van der Waals surface area (Å²) in [5, 5.41) is 7.14. The van der Waals surface area contributed by atoms with Crippen LogP contribution in [0.3, 0.4) is 0 Å². The zero-order valence-corrected chi connectivity index (χ0v) is 18.7. The summed E-state index contributed by atoms with van der Waals surface area (Å²) in [6.45, 7) is 3.43. The first-order chi connectivity index (χ1) is 15.5. The van der Waals surface area contributed by atoms with Gasteiger partial charge in [0.25, 0.3) is 5.91 Å². The summed E-state index contributed by atoms with van der Waals surface area (Å²) in [6, 6.07) is 5.00. The molecule has 4 rings (SSSR count). The van der Waals surface area contributed by atoms with Crippen molar-refractivity contribution in [2.45, 2.75) is 38.8 Å². The number of rotatable bonds is 5. The summed E-state index contributed by atoms with van der Waals surface area (Å²) in [5.41, 5.74) is 0.617. The zero-order chi connectivity index (χ0) is 22.7. The van der Waals surface area contributed by atoms with E-state index in [-0.39, 0.29) is 18.1 Å². The van der Waals surface area contributed by atoms with Crippen LogP contribution in [0.1, 0.15) is 35.4 Å². The van der Waals surface area contributed by atoms with Gasteiger partial charge in [0.15, 0.2) is 0 Å². The number of likely N-dealkylation sites (N-methyl/N-ethyl adjacent to an activating group) is 1. The SMILES string of the molecule is COc1ccc(C(=O)N2CCN(C)CC2)cc1NC(=O)Cn1nc2n(c1=O)CCCCC2. The van der Waals surface area contributed by atoms with Crippen molar-refractivity contribution in [3.05, 3.63) is 40.1 Å². The first kappa shape index (κ1) is 22.1. The molecule has 1 N–H and O–H groups in total. The Kier molecular flexibility index (Phi) is 6.59. The largest absolute Gasteiger partial charge is 0.495 e. The third-order valence-electron chi connectivity index (χ3n) is 6.09. The first-order valence-electron chi connectivity index (χ1n) is 11.1. The molecule has 0 saturated carbocycles. The summed E-state index contributed by atoms with van der Waals surface area (Å²) < 4.78 is 8.23. The normalized spacial score (nSPS) is 16.9. The summed E-state index contributed by atoms with van der Waals surface area (Å²) in [4.78, 5) is 42.3. The Labute approximate surface area is 186 Å². The molecule has 2 aliphatic heterocycles. The van der Waals surface area contributed by atoms with Crippen molar-refractivity contribution >= 4 is 17.5 Å². The van der Waals surface area contributed by atoms with Crippen molar-refractivity contribution < 1.29 is 14.3 Å². The van der Waals surface area contributed by atoms with Crippen LogP contribution in [0.2, 0.25) is 0 Å². The average Bonchev–Trinajstić information content (AvgIpc) is 2.94. The van der Waals surface area contributed by atoms with Crippen LogP contribution >= 0.6 is 0 Å². The van der Waals surface area contributed by atoms with Crippen molar-refractivity contribution in [1.82, 2.24) is 24.1 Å². The van der Waals surface area contributed by atoms with Gasteiger partial charge in [0.2, 0.25) is 5.91 Å². The Morgan fingerprint density at radius 1 is 1.09 bits per heavy atom. The molecule has 0 aliphatic carbocycles. The smallest absolute Gasteiger partial charge is 0.346 e. The van der Waals surface area contributed by atoms with Crippen LogP contribution in [-0.4, -0.2) is 76.3 Å². The van der Waals surface area contributed by atoms with Gasteiger partial charge in [0.05, 0.1) is 12.8 Å². The van der Waals surface area contributed by atoms with Crippen molar-refractivity contribution in [2.75, 3.05) is 45.7 Å². The van der Waals surface area contributed by atoms with Gasteiger partial charge in [-0.2, -0.15) is 5.10 Å². The van der Waals surface area contributed by atoms with E-state index in [1.165, 1.54) is 11.8 Å². The van der Waals surface area contributed by atoms with Gasteiger partial charge >= 0.3 is 5.69 Å². The van der Waals surface area contributed by atoms with Gasteiger partial charge in [-0.3, -0.25) is 14.2 Å². The fourth-order valence-corrected chi connectivity index (χ4v) is 4.18. The topological polar surface area (TPSA) is 102 Å². The van der Waals surface area contributed by atoms with E-state index in [9.17, 15) is 14.4 Å².